The Labute approximate surface area is 179 Å². The Morgan fingerprint density at radius 2 is 1.71 bits per heavy atom. The van der Waals surface area contributed by atoms with Crippen molar-refractivity contribution in [3.05, 3.63) is 59.4 Å². The van der Waals surface area contributed by atoms with Gasteiger partial charge in [0.05, 0.1) is 10.5 Å². The third-order valence-electron chi connectivity index (χ3n) is 5.43. The number of alkyl halides is 3. The zero-order valence-corrected chi connectivity index (χ0v) is 18.1. The Kier molecular flexibility index (Phi) is 6.92. The number of halogens is 4. The van der Waals surface area contributed by atoms with Crippen molar-refractivity contribution in [1.29, 1.82) is 0 Å². The smallest absolute Gasteiger partial charge is 0.369 e. The molecule has 1 N–H and O–H groups in total. The number of anilines is 1. The van der Waals surface area contributed by atoms with Gasteiger partial charge in [0.1, 0.15) is 5.82 Å². The number of hydrogen-bond donors (Lipinski definition) is 1. The molecule has 5 nitrogen and oxygen atoms in total. The minimum absolute atomic E-state index is 0.373. The lowest BCUT2D eigenvalue weighted by Crippen LogP contribution is -2.46. The third kappa shape index (κ3) is 5.36. The summed E-state index contributed by atoms with van der Waals surface area (Å²) in [4.78, 5) is 3.44. The number of nitrogens with zero attached hydrogens (tertiary/aromatic N) is 2. The van der Waals surface area contributed by atoms with Crippen LogP contribution in [-0.2, 0) is 16.2 Å². The van der Waals surface area contributed by atoms with Crippen LogP contribution in [0, 0.1) is 5.82 Å². The van der Waals surface area contributed by atoms with Crippen molar-refractivity contribution in [3.63, 3.8) is 0 Å². The first-order chi connectivity index (χ1) is 14.5. The fourth-order valence-electron chi connectivity index (χ4n) is 3.76. The van der Waals surface area contributed by atoms with E-state index >= 15 is 0 Å². The molecule has 0 aliphatic carbocycles. The van der Waals surface area contributed by atoms with E-state index in [9.17, 15) is 26.0 Å². The molecule has 0 spiro atoms. The van der Waals surface area contributed by atoms with E-state index < -0.39 is 38.5 Å². The van der Waals surface area contributed by atoms with Crippen LogP contribution in [-0.4, -0.2) is 46.0 Å². The number of hydrogen-bond acceptors (Lipinski definition) is 4. The van der Waals surface area contributed by atoms with E-state index in [-0.39, 0.29) is 0 Å². The lowest BCUT2D eigenvalue weighted by atomic mass is 10.0. The van der Waals surface area contributed by atoms with Crippen LogP contribution in [0.4, 0.5) is 23.2 Å². The summed E-state index contributed by atoms with van der Waals surface area (Å²) in [6.07, 6.45) is -4.82. The predicted octanol–water partition coefficient (Wildman–Crippen LogP) is 4.03. The molecule has 1 heterocycles. The van der Waals surface area contributed by atoms with Crippen molar-refractivity contribution < 1.29 is 26.0 Å². The molecule has 2 aromatic carbocycles. The number of rotatable bonds is 6. The van der Waals surface area contributed by atoms with Crippen LogP contribution in [0.15, 0.2) is 47.4 Å². The fourth-order valence-corrected chi connectivity index (χ4v) is 5.21. The summed E-state index contributed by atoms with van der Waals surface area (Å²) in [6, 6.07) is 7.16. The van der Waals surface area contributed by atoms with Crippen LogP contribution in [0.25, 0.3) is 0 Å². The number of nitrogens with one attached hydrogen (secondary N) is 1. The summed E-state index contributed by atoms with van der Waals surface area (Å²) in [5.74, 6) is -0.548. The lowest BCUT2D eigenvalue weighted by molar-refractivity contribution is -0.139. The van der Waals surface area contributed by atoms with E-state index in [1.807, 2.05) is 4.90 Å². The number of benzene rings is 2. The highest BCUT2D eigenvalue weighted by atomic mass is 32.2. The molecule has 3 rings (SSSR count). The van der Waals surface area contributed by atoms with Crippen molar-refractivity contribution in [2.75, 3.05) is 37.6 Å². The summed E-state index contributed by atoms with van der Waals surface area (Å²) in [6.45, 7) is 7.46. The SMILES string of the molecule is CCN1CCN(c2ccc(F)cc2C(C)NS(=O)(=O)c2ccccc2C(F)(F)F)CC1. The fraction of sp³-hybridized carbons (Fsp3) is 0.429. The van der Waals surface area contributed by atoms with E-state index in [2.05, 4.69) is 16.5 Å². The molecular weight excluding hydrogens is 434 g/mol. The Morgan fingerprint density at radius 3 is 2.32 bits per heavy atom. The lowest BCUT2D eigenvalue weighted by Gasteiger charge is -2.37. The van der Waals surface area contributed by atoms with Gasteiger partial charge in [0.2, 0.25) is 10.0 Å². The van der Waals surface area contributed by atoms with Gasteiger partial charge in [-0.2, -0.15) is 13.2 Å². The monoisotopic (exact) mass is 459 g/mol. The minimum atomic E-state index is -4.82. The summed E-state index contributed by atoms with van der Waals surface area (Å²) >= 11 is 0. The average molecular weight is 460 g/mol. The van der Waals surface area contributed by atoms with Crippen LogP contribution in [0.5, 0.6) is 0 Å². The Hall–Kier alpha value is -2.17. The largest absolute Gasteiger partial charge is 0.417 e. The molecule has 10 heteroatoms. The summed E-state index contributed by atoms with van der Waals surface area (Å²) in [7, 11) is -4.51. The van der Waals surface area contributed by atoms with Gasteiger partial charge in [-0.15, -0.1) is 0 Å². The van der Waals surface area contributed by atoms with Gasteiger partial charge >= 0.3 is 6.18 Å². The highest BCUT2D eigenvalue weighted by molar-refractivity contribution is 7.89. The molecule has 0 saturated carbocycles. The molecule has 1 atom stereocenters. The van der Waals surface area contributed by atoms with Gasteiger partial charge in [0, 0.05) is 37.9 Å². The van der Waals surface area contributed by atoms with Crippen molar-refractivity contribution >= 4 is 15.7 Å². The Balaban J connectivity index is 1.91. The highest BCUT2D eigenvalue weighted by Crippen LogP contribution is 2.35. The number of piperazine rings is 1. The quantitative estimate of drug-likeness (QED) is 0.663. The van der Waals surface area contributed by atoms with Crippen molar-refractivity contribution in [2.45, 2.75) is 31.0 Å². The van der Waals surface area contributed by atoms with Crippen LogP contribution in [0.3, 0.4) is 0 Å². The van der Waals surface area contributed by atoms with E-state index in [4.69, 9.17) is 0 Å². The zero-order valence-electron chi connectivity index (χ0n) is 17.3. The van der Waals surface area contributed by atoms with Gasteiger partial charge in [-0.3, -0.25) is 0 Å². The molecule has 1 unspecified atom stereocenters. The van der Waals surface area contributed by atoms with Crippen molar-refractivity contribution in [1.82, 2.24) is 9.62 Å². The standard InChI is InChI=1S/C21H25F4N3O2S/c1-3-27-10-12-28(13-11-27)19-9-8-16(22)14-17(19)15(2)26-31(29,30)20-7-5-4-6-18(20)21(23,24)25/h4-9,14-15,26H,3,10-13H2,1-2H3. The first kappa shape index (κ1) is 23.5. The van der Waals surface area contributed by atoms with Gasteiger partial charge in [-0.1, -0.05) is 19.1 Å². The van der Waals surface area contributed by atoms with Gasteiger partial charge in [-0.05, 0) is 49.4 Å². The maximum atomic E-state index is 14.0. The molecule has 170 valence electrons. The molecule has 1 aliphatic rings. The first-order valence-corrected chi connectivity index (χ1v) is 11.5. The van der Waals surface area contributed by atoms with Gasteiger partial charge in [0.25, 0.3) is 0 Å². The molecule has 1 saturated heterocycles. The second kappa shape index (κ2) is 9.13. The molecule has 0 bridgehead atoms. The van der Waals surface area contributed by atoms with Crippen LogP contribution in [0.2, 0.25) is 0 Å². The molecule has 0 radical (unpaired) electrons. The van der Waals surface area contributed by atoms with E-state index in [0.29, 0.717) is 24.3 Å². The minimum Gasteiger partial charge on any atom is -0.369 e. The second-order valence-electron chi connectivity index (χ2n) is 7.46. The summed E-state index contributed by atoms with van der Waals surface area (Å²) in [5.41, 5.74) is -0.209. The molecule has 2 aromatic rings. The maximum absolute atomic E-state index is 14.0. The normalized spacial score (nSPS) is 17.0. The predicted molar refractivity (Wildman–Crippen MR) is 111 cm³/mol. The summed E-state index contributed by atoms with van der Waals surface area (Å²) < 4.78 is 81.9. The van der Waals surface area contributed by atoms with Crippen LogP contribution < -0.4 is 9.62 Å². The van der Waals surface area contributed by atoms with Crippen molar-refractivity contribution in [2.24, 2.45) is 0 Å². The molecule has 1 aliphatic heterocycles. The second-order valence-corrected chi connectivity index (χ2v) is 9.14. The summed E-state index contributed by atoms with van der Waals surface area (Å²) in [5, 5.41) is 0. The molecule has 31 heavy (non-hydrogen) atoms. The topological polar surface area (TPSA) is 52.6 Å². The highest BCUT2D eigenvalue weighted by Gasteiger charge is 2.37. The molecule has 1 fully saturated rings. The zero-order chi connectivity index (χ0) is 22.8. The molecular formula is C21H25F4N3O2S. The average Bonchev–Trinajstić information content (AvgIpc) is 2.73. The van der Waals surface area contributed by atoms with Gasteiger partial charge in [0.15, 0.2) is 0 Å². The van der Waals surface area contributed by atoms with Gasteiger partial charge in [-0.25, -0.2) is 17.5 Å². The number of likely N-dealkylation sites (N-methyl/N-ethyl adjacent to an activating group) is 1. The van der Waals surface area contributed by atoms with Crippen LogP contribution in [0.1, 0.15) is 31.0 Å². The Bertz CT molecular complexity index is 1020. The Morgan fingerprint density at radius 1 is 1.06 bits per heavy atom. The first-order valence-electron chi connectivity index (χ1n) is 9.98. The number of sulfonamides is 1. The van der Waals surface area contributed by atoms with E-state index in [1.165, 1.54) is 25.1 Å². The van der Waals surface area contributed by atoms with Crippen molar-refractivity contribution in [3.8, 4) is 0 Å². The van der Waals surface area contributed by atoms with Crippen LogP contribution >= 0.6 is 0 Å². The van der Waals surface area contributed by atoms with E-state index in [1.54, 1.807) is 6.07 Å². The maximum Gasteiger partial charge on any atom is 0.417 e. The molecule has 0 aromatic heterocycles. The van der Waals surface area contributed by atoms with E-state index in [0.717, 1.165) is 37.8 Å². The molecule has 0 amide bonds. The third-order valence-corrected chi connectivity index (χ3v) is 7.03. The van der Waals surface area contributed by atoms with Gasteiger partial charge < -0.3 is 9.80 Å².